The zero-order valence-electron chi connectivity index (χ0n) is 14.1. The number of rotatable bonds is 7. The quantitative estimate of drug-likeness (QED) is 0.821. The van der Waals surface area contributed by atoms with E-state index in [4.69, 9.17) is 0 Å². The summed E-state index contributed by atoms with van der Waals surface area (Å²) in [5.41, 5.74) is 0.596. The normalized spacial score (nSPS) is 11.7. The van der Waals surface area contributed by atoms with Crippen LogP contribution in [0.15, 0.2) is 59.5 Å². The second kappa shape index (κ2) is 8.22. The van der Waals surface area contributed by atoms with Crippen LogP contribution in [0.1, 0.15) is 19.4 Å². The zero-order valence-corrected chi connectivity index (χ0v) is 15.0. The van der Waals surface area contributed by atoms with E-state index < -0.39 is 21.7 Å². The Morgan fingerprint density at radius 2 is 1.68 bits per heavy atom. The Labute approximate surface area is 147 Å². The van der Waals surface area contributed by atoms with Crippen molar-refractivity contribution in [2.24, 2.45) is 0 Å². The van der Waals surface area contributed by atoms with Crippen LogP contribution < -0.4 is 5.32 Å². The van der Waals surface area contributed by atoms with Gasteiger partial charge in [0, 0.05) is 12.6 Å². The van der Waals surface area contributed by atoms with Crippen LogP contribution in [0.3, 0.4) is 0 Å². The first-order valence-corrected chi connectivity index (χ1v) is 9.32. The number of nitrogens with one attached hydrogen (secondary N) is 1. The molecule has 7 heteroatoms. The van der Waals surface area contributed by atoms with Crippen molar-refractivity contribution < 1.29 is 17.6 Å². The molecule has 0 radical (unpaired) electrons. The predicted octanol–water partition coefficient (Wildman–Crippen LogP) is 2.54. The molecule has 0 fully saturated rings. The lowest BCUT2D eigenvalue weighted by Gasteiger charge is -2.22. The molecule has 0 aliphatic rings. The highest BCUT2D eigenvalue weighted by Gasteiger charge is 2.26. The first-order valence-electron chi connectivity index (χ1n) is 7.88. The van der Waals surface area contributed by atoms with E-state index in [-0.39, 0.29) is 24.0 Å². The summed E-state index contributed by atoms with van der Waals surface area (Å²) in [5, 5.41) is 2.69. The largest absolute Gasteiger partial charge is 0.353 e. The smallest absolute Gasteiger partial charge is 0.243 e. The third-order valence-corrected chi connectivity index (χ3v) is 5.23. The van der Waals surface area contributed by atoms with E-state index in [0.29, 0.717) is 5.56 Å². The van der Waals surface area contributed by atoms with Crippen molar-refractivity contribution in [1.29, 1.82) is 0 Å². The van der Waals surface area contributed by atoms with Crippen molar-refractivity contribution in [2.75, 3.05) is 6.54 Å². The van der Waals surface area contributed by atoms with Crippen LogP contribution in [-0.4, -0.2) is 31.2 Å². The maximum absolute atomic E-state index is 13.1. The van der Waals surface area contributed by atoms with E-state index in [0.717, 1.165) is 4.31 Å². The van der Waals surface area contributed by atoms with E-state index >= 15 is 0 Å². The number of carbonyl (C=O) groups excluding carboxylic acids is 1. The molecular formula is C18H21FN2O3S. The molecular weight excluding hydrogens is 343 g/mol. The molecule has 5 nitrogen and oxygen atoms in total. The van der Waals surface area contributed by atoms with Crippen LogP contribution in [-0.2, 0) is 21.4 Å². The van der Waals surface area contributed by atoms with Crippen LogP contribution in [0, 0.1) is 5.82 Å². The van der Waals surface area contributed by atoms with E-state index in [9.17, 15) is 17.6 Å². The number of carbonyl (C=O) groups is 1. The minimum absolute atomic E-state index is 0.0248. The molecule has 134 valence electrons. The first kappa shape index (κ1) is 19.1. The molecule has 0 unspecified atom stereocenters. The van der Waals surface area contributed by atoms with Gasteiger partial charge in [0.15, 0.2) is 0 Å². The molecule has 0 aliphatic heterocycles. The number of benzene rings is 2. The first-order chi connectivity index (χ1) is 11.8. The van der Waals surface area contributed by atoms with E-state index in [1.807, 2.05) is 0 Å². The van der Waals surface area contributed by atoms with Crippen molar-refractivity contribution >= 4 is 15.9 Å². The SMILES string of the molecule is CC(C)NC(=O)CN(Cc1ccc(F)cc1)S(=O)(=O)c1ccccc1. The number of hydrogen-bond acceptors (Lipinski definition) is 3. The molecule has 2 aromatic rings. The summed E-state index contributed by atoms with van der Waals surface area (Å²) in [4.78, 5) is 12.2. The Morgan fingerprint density at radius 1 is 1.08 bits per heavy atom. The summed E-state index contributed by atoms with van der Waals surface area (Å²) < 4.78 is 40.0. The monoisotopic (exact) mass is 364 g/mol. The van der Waals surface area contributed by atoms with Crippen LogP contribution in [0.2, 0.25) is 0 Å². The molecule has 0 heterocycles. The van der Waals surface area contributed by atoms with Crippen molar-refractivity contribution in [1.82, 2.24) is 9.62 Å². The predicted molar refractivity (Wildman–Crippen MR) is 93.7 cm³/mol. The molecule has 0 bridgehead atoms. The fourth-order valence-corrected chi connectivity index (χ4v) is 3.69. The van der Waals surface area contributed by atoms with Gasteiger partial charge in [-0.15, -0.1) is 0 Å². The second-order valence-corrected chi connectivity index (χ2v) is 7.87. The molecule has 1 N–H and O–H groups in total. The van der Waals surface area contributed by atoms with Crippen LogP contribution >= 0.6 is 0 Å². The van der Waals surface area contributed by atoms with Crippen molar-refractivity contribution in [2.45, 2.75) is 31.3 Å². The molecule has 0 atom stereocenters. The molecule has 1 amide bonds. The second-order valence-electron chi connectivity index (χ2n) is 5.93. The number of sulfonamides is 1. The van der Waals surface area contributed by atoms with Crippen molar-refractivity contribution in [3.05, 3.63) is 66.0 Å². The van der Waals surface area contributed by atoms with Gasteiger partial charge in [-0.2, -0.15) is 4.31 Å². The maximum Gasteiger partial charge on any atom is 0.243 e. The fraction of sp³-hybridized carbons (Fsp3) is 0.278. The number of hydrogen-bond donors (Lipinski definition) is 1. The van der Waals surface area contributed by atoms with Gasteiger partial charge in [-0.3, -0.25) is 4.79 Å². The van der Waals surface area contributed by atoms with Crippen LogP contribution in [0.25, 0.3) is 0 Å². The molecule has 25 heavy (non-hydrogen) atoms. The van der Waals surface area contributed by atoms with Crippen molar-refractivity contribution in [3.63, 3.8) is 0 Å². The highest BCUT2D eigenvalue weighted by molar-refractivity contribution is 7.89. The summed E-state index contributed by atoms with van der Waals surface area (Å²) in [7, 11) is -3.86. The zero-order chi connectivity index (χ0) is 18.4. The summed E-state index contributed by atoms with van der Waals surface area (Å²) in [6.07, 6.45) is 0. The number of nitrogens with zero attached hydrogens (tertiary/aromatic N) is 1. The van der Waals surface area contributed by atoms with Gasteiger partial charge in [0.05, 0.1) is 11.4 Å². The number of amides is 1. The Bertz CT molecular complexity index is 806. The Kier molecular flexibility index (Phi) is 6.27. The molecule has 2 rings (SSSR count). The summed E-state index contributed by atoms with van der Waals surface area (Å²) in [5.74, 6) is -0.796. The van der Waals surface area contributed by atoms with Gasteiger partial charge in [-0.25, -0.2) is 12.8 Å². The highest BCUT2D eigenvalue weighted by atomic mass is 32.2. The lowest BCUT2D eigenvalue weighted by atomic mass is 10.2. The average Bonchev–Trinajstić information content (AvgIpc) is 2.56. The Balaban J connectivity index is 2.31. The topological polar surface area (TPSA) is 66.5 Å². The summed E-state index contributed by atoms with van der Waals surface area (Å²) in [6, 6.07) is 13.4. The summed E-state index contributed by atoms with van der Waals surface area (Å²) in [6.45, 7) is 3.26. The van der Waals surface area contributed by atoms with Gasteiger partial charge < -0.3 is 5.32 Å². The molecule has 0 aromatic heterocycles. The van der Waals surface area contributed by atoms with Gasteiger partial charge in [0.25, 0.3) is 0 Å². The highest BCUT2D eigenvalue weighted by Crippen LogP contribution is 2.18. The van der Waals surface area contributed by atoms with Crippen molar-refractivity contribution in [3.8, 4) is 0 Å². The molecule has 0 spiro atoms. The van der Waals surface area contributed by atoms with Crippen LogP contribution in [0.4, 0.5) is 4.39 Å². The van der Waals surface area contributed by atoms with E-state index in [2.05, 4.69) is 5.32 Å². The maximum atomic E-state index is 13.1. The standard InChI is InChI=1S/C18H21FN2O3S/c1-14(2)20-18(22)13-21(12-15-8-10-16(19)11-9-15)25(23,24)17-6-4-3-5-7-17/h3-11,14H,12-13H2,1-2H3,(H,20,22). The van der Waals surface area contributed by atoms with Gasteiger partial charge in [0.2, 0.25) is 15.9 Å². The molecule has 0 aliphatic carbocycles. The minimum atomic E-state index is -3.86. The van der Waals surface area contributed by atoms with E-state index in [1.165, 1.54) is 36.4 Å². The van der Waals surface area contributed by atoms with Gasteiger partial charge in [0.1, 0.15) is 5.82 Å². The lowest BCUT2D eigenvalue weighted by Crippen LogP contribution is -2.42. The third-order valence-electron chi connectivity index (χ3n) is 3.42. The summed E-state index contributed by atoms with van der Waals surface area (Å²) >= 11 is 0. The van der Waals surface area contributed by atoms with Gasteiger partial charge >= 0.3 is 0 Å². The average molecular weight is 364 g/mol. The Hall–Kier alpha value is -2.25. The molecule has 0 saturated carbocycles. The third kappa shape index (κ3) is 5.37. The molecule has 2 aromatic carbocycles. The molecule has 0 saturated heterocycles. The minimum Gasteiger partial charge on any atom is -0.353 e. The van der Waals surface area contributed by atoms with Gasteiger partial charge in [-0.05, 0) is 43.7 Å². The fourth-order valence-electron chi connectivity index (χ4n) is 2.29. The number of halogens is 1. The Morgan fingerprint density at radius 3 is 2.24 bits per heavy atom. The lowest BCUT2D eigenvalue weighted by molar-refractivity contribution is -0.121. The van der Waals surface area contributed by atoms with E-state index in [1.54, 1.807) is 32.0 Å². The van der Waals surface area contributed by atoms with Crippen LogP contribution in [0.5, 0.6) is 0 Å². The van der Waals surface area contributed by atoms with Gasteiger partial charge in [-0.1, -0.05) is 30.3 Å².